The Morgan fingerprint density at radius 1 is 1.10 bits per heavy atom. The third-order valence-electron chi connectivity index (χ3n) is 5.01. The Morgan fingerprint density at radius 3 is 2.33 bits per heavy atom. The maximum absolute atomic E-state index is 11.6. The SMILES string of the molecule is CN=C(NCc1ccc(S(C)(=O)=O)cc1)N1CCN(c2cccc(OC)c2)CC1.I. The molecular formula is C21H29IN4O3S. The molecule has 0 unspecified atom stereocenters. The van der Waals surface area contributed by atoms with Crippen molar-refractivity contribution >= 4 is 45.5 Å². The van der Waals surface area contributed by atoms with E-state index < -0.39 is 9.84 Å². The second kappa shape index (κ2) is 10.9. The van der Waals surface area contributed by atoms with Crippen molar-refractivity contribution in [1.82, 2.24) is 10.2 Å². The van der Waals surface area contributed by atoms with Crippen molar-refractivity contribution in [2.24, 2.45) is 4.99 Å². The van der Waals surface area contributed by atoms with Crippen molar-refractivity contribution in [3.8, 4) is 5.75 Å². The smallest absolute Gasteiger partial charge is 0.194 e. The largest absolute Gasteiger partial charge is 0.497 e. The van der Waals surface area contributed by atoms with Gasteiger partial charge in [0.1, 0.15) is 5.75 Å². The maximum Gasteiger partial charge on any atom is 0.194 e. The fourth-order valence-electron chi connectivity index (χ4n) is 3.35. The number of anilines is 1. The molecule has 7 nitrogen and oxygen atoms in total. The number of halogens is 1. The zero-order valence-electron chi connectivity index (χ0n) is 17.5. The van der Waals surface area contributed by atoms with E-state index in [1.54, 1.807) is 26.3 Å². The number of nitrogens with one attached hydrogen (secondary N) is 1. The molecule has 0 aromatic heterocycles. The van der Waals surface area contributed by atoms with E-state index in [0.717, 1.165) is 49.1 Å². The molecule has 0 radical (unpaired) electrons. The lowest BCUT2D eigenvalue weighted by Crippen LogP contribution is -2.52. The van der Waals surface area contributed by atoms with E-state index in [1.165, 1.54) is 6.26 Å². The molecule has 1 N–H and O–H groups in total. The van der Waals surface area contributed by atoms with Gasteiger partial charge in [0, 0.05) is 57.8 Å². The summed E-state index contributed by atoms with van der Waals surface area (Å²) in [4.78, 5) is 9.32. The molecule has 1 aliphatic heterocycles. The topological polar surface area (TPSA) is 74.2 Å². The van der Waals surface area contributed by atoms with Crippen molar-refractivity contribution in [1.29, 1.82) is 0 Å². The van der Waals surface area contributed by atoms with Gasteiger partial charge in [-0.05, 0) is 29.8 Å². The van der Waals surface area contributed by atoms with Crippen LogP contribution in [0, 0.1) is 0 Å². The van der Waals surface area contributed by atoms with Crippen LogP contribution in [0.5, 0.6) is 5.75 Å². The van der Waals surface area contributed by atoms with Gasteiger partial charge in [0.05, 0.1) is 12.0 Å². The van der Waals surface area contributed by atoms with Gasteiger partial charge in [0.15, 0.2) is 15.8 Å². The maximum atomic E-state index is 11.6. The Bertz CT molecular complexity index is 956. The van der Waals surface area contributed by atoms with Crippen LogP contribution in [-0.2, 0) is 16.4 Å². The summed E-state index contributed by atoms with van der Waals surface area (Å²) in [7, 11) is 0.293. The third kappa shape index (κ3) is 6.24. The minimum Gasteiger partial charge on any atom is -0.497 e. The molecular weight excluding hydrogens is 515 g/mol. The number of aliphatic imine (C=N–C) groups is 1. The van der Waals surface area contributed by atoms with Gasteiger partial charge in [0.2, 0.25) is 0 Å². The standard InChI is InChI=1S/C21H28N4O3S.HI/c1-22-21(23-16-17-7-9-20(10-8-17)29(3,26)27)25-13-11-24(12-14-25)18-5-4-6-19(15-18)28-2;/h4-10,15H,11-14,16H2,1-3H3,(H,22,23);1H. The van der Waals surface area contributed by atoms with Crippen LogP contribution in [0.15, 0.2) is 58.4 Å². The first-order chi connectivity index (χ1) is 13.9. The Balaban J connectivity index is 0.00000320. The van der Waals surface area contributed by atoms with Crippen LogP contribution in [-0.4, -0.2) is 65.9 Å². The predicted molar refractivity (Wildman–Crippen MR) is 132 cm³/mol. The lowest BCUT2D eigenvalue weighted by atomic mass is 10.2. The third-order valence-corrected chi connectivity index (χ3v) is 6.14. The summed E-state index contributed by atoms with van der Waals surface area (Å²) in [5, 5.41) is 3.37. The summed E-state index contributed by atoms with van der Waals surface area (Å²) in [6.07, 6.45) is 1.22. The summed E-state index contributed by atoms with van der Waals surface area (Å²) in [5.41, 5.74) is 2.17. The number of hydrogen-bond acceptors (Lipinski definition) is 5. The molecule has 164 valence electrons. The van der Waals surface area contributed by atoms with Crippen LogP contribution >= 0.6 is 24.0 Å². The van der Waals surface area contributed by atoms with E-state index in [-0.39, 0.29) is 24.0 Å². The summed E-state index contributed by atoms with van der Waals surface area (Å²) in [6.45, 7) is 4.12. The van der Waals surface area contributed by atoms with E-state index in [1.807, 2.05) is 24.3 Å². The number of rotatable bonds is 5. The minimum atomic E-state index is -3.17. The van der Waals surface area contributed by atoms with Crippen LogP contribution in [0.1, 0.15) is 5.56 Å². The van der Waals surface area contributed by atoms with Gasteiger partial charge in [-0.2, -0.15) is 0 Å². The van der Waals surface area contributed by atoms with Gasteiger partial charge in [-0.3, -0.25) is 4.99 Å². The van der Waals surface area contributed by atoms with Crippen molar-refractivity contribution in [2.45, 2.75) is 11.4 Å². The first-order valence-corrected chi connectivity index (χ1v) is 11.4. The van der Waals surface area contributed by atoms with Crippen LogP contribution in [0.3, 0.4) is 0 Å². The molecule has 1 saturated heterocycles. The van der Waals surface area contributed by atoms with E-state index in [9.17, 15) is 8.42 Å². The van der Waals surface area contributed by atoms with Gasteiger partial charge in [0.25, 0.3) is 0 Å². The van der Waals surface area contributed by atoms with E-state index in [2.05, 4.69) is 32.2 Å². The minimum absolute atomic E-state index is 0. The van der Waals surface area contributed by atoms with Gasteiger partial charge < -0.3 is 19.9 Å². The number of benzene rings is 2. The molecule has 0 aliphatic carbocycles. The molecule has 0 bridgehead atoms. The number of piperazine rings is 1. The average Bonchev–Trinajstić information content (AvgIpc) is 2.74. The van der Waals surface area contributed by atoms with Crippen molar-refractivity contribution in [3.05, 3.63) is 54.1 Å². The second-order valence-corrected chi connectivity index (χ2v) is 9.01. The van der Waals surface area contributed by atoms with Crippen LogP contribution < -0.4 is 15.0 Å². The average molecular weight is 544 g/mol. The molecule has 0 atom stereocenters. The van der Waals surface area contributed by atoms with Gasteiger partial charge >= 0.3 is 0 Å². The first kappa shape index (κ1) is 24.3. The number of sulfone groups is 1. The monoisotopic (exact) mass is 544 g/mol. The van der Waals surface area contributed by atoms with E-state index >= 15 is 0 Å². The highest BCUT2D eigenvalue weighted by molar-refractivity contribution is 14.0. The molecule has 0 spiro atoms. The number of ether oxygens (including phenoxy) is 1. The highest BCUT2D eigenvalue weighted by Gasteiger charge is 2.20. The second-order valence-electron chi connectivity index (χ2n) is 6.99. The van der Waals surface area contributed by atoms with Gasteiger partial charge in [-0.1, -0.05) is 18.2 Å². The molecule has 1 heterocycles. The molecule has 9 heteroatoms. The molecule has 3 rings (SSSR count). The molecule has 30 heavy (non-hydrogen) atoms. The highest BCUT2D eigenvalue weighted by atomic mass is 127. The van der Waals surface area contributed by atoms with Crippen molar-refractivity contribution < 1.29 is 13.2 Å². The summed E-state index contributed by atoms with van der Waals surface area (Å²) in [6, 6.07) is 15.1. The molecule has 2 aromatic carbocycles. The van der Waals surface area contributed by atoms with E-state index in [0.29, 0.717) is 11.4 Å². The normalized spacial score (nSPS) is 14.8. The number of methoxy groups -OCH3 is 1. The quantitative estimate of drug-likeness (QED) is 0.355. The number of nitrogens with zero attached hydrogens (tertiary/aromatic N) is 3. The zero-order chi connectivity index (χ0) is 20.9. The summed E-state index contributed by atoms with van der Waals surface area (Å²) in [5.74, 6) is 1.71. The Kier molecular flexibility index (Phi) is 8.78. The Morgan fingerprint density at radius 2 is 1.77 bits per heavy atom. The number of guanidine groups is 1. The molecule has 0 amide bonds. The lowest BCUT2D eigenvalue weighted by Gasteiger charge is -2.37. The van der Waals surface area contributed by atoms with Crippen molar-refractivity contribution in [2.75, 3.05) is 51.5 Å². The Labute approximate surface area is 196 Å². The highest BCUT2D eigenvalue weighted by Crippen LogP contribution is 2.22. The zero-order valence-corrected chi connectivity index (χ0v) is 20.7. The fourth-order valence-corrected chi connectivity index (χ4v) is 3.98. The molecule has 2 aromatic rings. The van der Waals surface area contributed by atoms with Gasteiger partial charge in [-0.15, -0.1) is 24.0 Å². The van der Waals surface area contributed by atoms with Gasteiger partial charge in [-0.25, -0.2) is 8.42 Å². The van der Waals surface area contributed by atoms with Crippen LogP contribution in [0.2, 0.25) is 0 Å². The lowest BCUT2D eigenvalue weighted by molar-refractivity contribution is 0.372. The molecule has 1 aliphatic rings. The summed E-state index contributed by atoms with van der Waals surface area (Å²) >= 11 is 0. The summed E-state index contributed by atoms with van der Waals surface area (Å²) < 4.78 is 28.5. The predicted octanol–water partition coefficient (Wildman–Crippen LogP) is 2.61. The molecule has 1 fully saturated rings. The van der Waals surface area contributed by atoms with Crippen molar-refractivity contribution in [3.63, 3.8) is 0 Å². The first-order valence-electron chi connectivity index (χ1n) is 9.54. The van der Waals surface area contributed by atoms with Crippen LogP contribution in [0.4, 0.5) is 5.69 Å². The fraction of sp³-hybridized carbons (Fsp3) is 0.381. The van der Waals surface area contributed by atoms with Crippen LogP contribution in [0.25, 0.3) is 0 Å². The molecule has 0 saturated carbocycles. The van der Waals surface area contributed by atoms with E-state index in [4.69, 9.17) is 4.74 Å². The number of hydrogen-bond donors (Lipinski definition) is 1. The Hall–Kier alpha value is -2.01.